The van der Waals surface area contributed by atoms with Gasteiger partial charge < -0.3 is 15.2 Å². The Morgan fingerprint density at radius 1 is 1.14 bits per heavy atom. The number of benzene rings is 2. The van der Waals surface area contributed by atoms with Crippen LogP contribution in [0.2, 0.25) is 0 Å². The Kier molecular flexibility index (Phi) is 6.33. The van der Waals surface area contributed by atoms with E-state index < -0.39 is 17.7 Å². The van der Waals surface area contributed by atoms with Crippen LogP contribution in [0.1, 0.15) is 44.6 Å². The van der Waals surface area contributed by atoms with Crippen molar-refractivity contribution >= 4 is 21.7 Å². The molecule has 3 unspecified atom stereocenters. The number of hydrogen-bond donors (Lipinski definition) is 2. The van der Waals surface area contributed by atoms with Crippen LogP contribution in [-0.4, -0.2) is 85.8 Å². The van der Waals surface area contributed by atoms with Crippen LogP contribution in [0.3, 0.4) is 0 Å². The van der Waals surface area contributed by atoms with E-state index >= 15 is 8.78 Å². The van der Waals surface area contributed by atoms with Gasteiger partial charge in [-0.3, -0.25) is 9.88 Å². The molecule has 0 aliphatic carbocycles. The zero-order chi connectivity index (χ0) is 29.3. The minimum atomic E-state index is -2.27. The molecule has 4 aliphatic heterocycles. The summed E-state index contributed by atoms with van der Waals surface area (Å²) >= 11 is 0. The standard InChI is InChI=1S/C33H36F2N6O2/c1-2-20-5-3-6-21-11-25(42)12-26(30(20)21)28-13-29-27(17-37-28)31(39-19-38-29)43-33(35,41-23-7-8-24(41)16-36-15-23)32-9-4-10-40(32)18-22(34)14-32/h3,5-6,11-13,17,19,22-24,36,42H,2,4,7-10,14-16,18H2,1H3/t22-,23?,24?,32+,33?/m1/s1. The fraction of sp³-hybridized carbons (Fsp3) is 0.485. The fourth-order valence-electron chi connectivity index (χ4n) is 8.49. The summed E-state index contributed by atoms with van der Waals surface area (Å²) in [7, 11) is 0. The number of fused-ring (bicyclic) bond motifs is 5. The number of piperazine rings is 1. The predicted molar refractivity (Wildman–Crippen MR) is 160 cm³/mol. The average Bonchev–Trinajstić information content (AvgIpc) is 3.64. The summed E-state index contributed by atoms with van der Waals surface area (Å²) in [4.78, 5) is 17.6. The first kappa shape index (κ1) is 27.1. The molecule has 8 rings (SSSR count). The van der Waals surface area contributed by atoms with Gasteiger partial charge in [-0.2, -0.15) is 4.39 Å². The monoisotopic (exact) mass is 586 g/mol. The maximum absolute atomic E-state index is 18.3. The van der Waals surface area contributed by atoms with Gasteiger partial charge in [-0.05, 0) is 73.2 Å². The minimum absolute atomic E-state index is 0.0381. The van der Waals surface area contributed by atoms with Gasteiger partial charge in [0.15, 0.2) is 0 Å². The molecular weight excluding hydrogens is 550 g/mol. The summed E-state index contributed by atoms with van der Waals surface area (Å²) in [6.07, 6.45) is 5.92. The zero-order valence-electron chi connectivity index (χ0n) is 24.3. The Balaban J connectivity index is 1.25. The number of aromatic hydroxyl groups is 1. The van der Waals surface area contributed by atoms with Gasteiger partial charge in [-0.15, -0.1) is 0 Å². The second-order valence-electron chi connectivity index (χ2n) is 12.6. The number of ether oxygens (including phenoxy) is 1. The summed E-state index contributed by atoms with van der Waals surface area (Å²) in [5.41, 5.74) is 2.06. The zero-order valence-corrected chi connectivity index (χ0v) is 24.3. The molecule has 4 aliphatic rings. The SMILES string of the molecule is CCc1cccc2cc(O)cc(-c3cc4ncnc(OC(F)(N5C6CCC5CNC6)[C@@]56CCCN5C[C@H](F)C6)c4cn3)c12. The van der Waals surface area contributed by atoms with Crippen LogP contribution < -0.4 is 10.1 Å². The number of hydrogen-bond acceptors (Lipinski definition) is 8. The molecular formula is C33H36F2N6O2. The lowest BCUT2D eigenvalue weighted by atomic mass is 9.87. The van der Waals surface area contributed by atoms with E-state index in [9.17, 15) is 5.11 Å². The molecule has 4 fully saturated rings. The van der Waals surface area contributed by atoms with Crippen LogP contribution >= 0.6 is 0 Å². The van der Waals surface area contributed by atoms with Gasteiger partial charge in [0.25, 0.3) is 0 Å². The Hall–Kier alpha value is -3.47. The number of phenolic OH excluding ortho intramolecular Hbond substituents is 1. The summed E-state index contributed by atoms with van der Waals surface area (Å²) < 4.78 is 39.8. The number of nitrogens with one attached hydrogen (secondary N) is 1. The lowest BCUT2D eigenvalue weighted by Crippen LogP contribution is -2.73. The number of aromatic nitrogens is 3. The number of nitrogens with zero attached hydrogens (tertiary/aromatic N) is 5. The van der Waals surface area contributed by atoms with Crippen molar-refractivity contribution in [1.29, 1.82) is 0 Å². The highest BCUT2D eigenvalue weighted by Crippen LogP contribution is 2.54. The van der Waals surface area contributed by atoms with Crippen LogP contribution in [0.4, 0.5) is 8.78 Å². The fourth-order valence-corrected chi connectivity index (χ4v) is 8.49. The van der Waals surface area contributed by atoms with Crippen molar-refractivity contribution in [3.8, 4) is 22.9 Å². The summed E-state index contributed by atoms with van der Waals surface area (Å²) in [5.74, 6) is -2.00. The summed E-state index contributed by atoms with van der Waals surface area (Å²) in [5, 5.41) is 16.4. The smallest absolute Gasteiger partial charge is 0.330 e. The second-order valence-corrected chi connectivity index (χ2v) is 12.6. The molecule has 6 heterocycles. The molecule has 0 radical (unpaired) electrons. The largest absolute Gasteiger partial charge is 0.508 e. The third kappa shape index (κ3) is 4.06. The van der Waals surface area contributed by atoms with E-state index in [1.165, 1.54) is 6.33 Å². The number of rotatable bonds is 6. The topological polar surface area (TPSA) is 86.6 Å². The number of alkyl halides is 2. The minimum Gasteiger partial charge on any atom is -0.508 e. The average molecular weight is 587 g/mol. The molecule has 4 aromatic rings. The van der Waals surface area contributed by atoms with Gasteiger partial charge >= 0.3 is 5.98 Å². The van der Waals surface area contributed by atoms with Crippen molar-refractivity contribution in [3.05, 3.63) is 54.5 Å². The molecule has 0 amide bonds. The van der Waals surface area contributed by atoms with E-state index in [4.69, 9.17) is 9.72 Å². The van der Waals surface area contributed by atoms with E-state index in [0.29, 0.717) is 42.7 Å². The highest BCUT2D eigenvalue weighted by atomic mass is 19.2. The molecule has 2 aromatic heterocycles. The molecule has 2 N–H and O–H groups in total. The molecule has 0 saturated carbocycles. The van der Waals surface area contributed by atoms with E-state index in [0.717, 1.165) is 47.6 Å². The first-order valence-electron chi connectivity index (χ1n) is 15.5. The molecule has 43 heavy (non-hydrogen) atoms. The molecule has 2 aromatic carbocycles. The third-order valence-electron chi connectivity index (χ3n) is 10.3. The first-order valence-corrected chi connectivity index (χ1v) is 15.5. The Bertz CT molecular complexity index is 1710. The van der Waals surface area contributed by atoms with Crippen LogP contribution in [-0.2, 0) is 6.42 Å². The Morgan fingerprint density at radius 2 is 1.98 bits per heavy atom. The Labute approximate surface area is 249 Å². The number of aryl methyl sites for hydroxylation is 1. The summed E-state index contributed by atoms with van der Waals surface area (Å²) in [6.45, 7) is 4.33. The van der Waals surface area contributed by atoms with Gasteiger partial charge in [-0.1, -0.05) is 25.1 Å². The number of halogens is 2. The van der Waals surface area contributed by atoms with Crippen molar-refractivity contribution in [2.24, 2.45) is 0 Å². The third-order valence-corrected chi connectivity index (χ3v) is 10.3. The highest BCUT2D eigenvalue weighted by Gasteiger charge is 2.69. The molecule has 8 nitrogen and oxygen atoms in total. The van der Waals surface area contributed by atoms with Crippen LogP contribution in [0.5, 0.6) is 11.6 Å². The van der Waals surface area contributed by atoms with Crippen molar-refractivity contribution in [1.82, 2.24) is 30.1 Å². The molecule has 4 saturated heterocycles. The van der Waals surface area contributed by atoms with Gasteiger partial charge in [0.2, 0.25) is 5.88 Å². The van der Waals surface area contributed by atoms with Gasteiger partial charge in [0, 0.05) is 49.9 Å². The molecule has 5 atom stereocenters. The van der Waals surface area contributed by atoms with Crippen molar-refractivity contribution in [3.63, 3.8) is 0 Å². The van der Waals surface area contributed by atoms with E-state index in [1.807, 2.05) is 28.0 Å². The van der Waals surface area contributed by atoms with Crippen molar-refractivity contribution in [2.75, 3.05) is 26.2 Å². The Morgan fingerprint density at radius 3 is 2.79 bits per heavy atom. The van der Waals surface area contributed by atoms with Crippen LogP contribution in [0, 0.1) is 0 Å². The maximum Gasteiger partial charge on any atom is 0.330 e. The molecule has 224 valence electrons. The van der Waals surface area contributed by atoms with Gasteiger partial charge in [0.05, 0.1) is 16.6 Å². The molecule has 0 spiro atoms. The highest BCUT2D eigenvalue weighted by molar-refractivity contribution is 6.00. The van der Waals surface area contributed by atoms with Gasteiger partial charge in [-0.25, -0.2) is 19.3 Å². The van der Waals surface area contributed by atoms with E-state index in [-0.39, 0.29) is 36.7 Å². The lowest BCUT2D eigenvalue weighted by molar-refractivity contribution is -0.274. The van der Waals surface area contributed by atoms with Crippen LogP contribution in [0.15, 0.2) is 48.9 Å². The molecule has 10 heteroatoms. The second kappa shape index (κ2) is 10.0. The first-order chi connectivity index (χ1) is 20.9. The van der Waals surface area contributed by atoms with E-state index in [1.54, 1.807) is 18.3 Å². The number of pyridine rings is 1. The van der Waals surface area contributed by atoms with Crippen molar-refractivity contribution in [2.45, 2.75) is 75.2 Å². The number of phenols is 1. The lowest BCUT2D eigenvalue weighted by Gasteiger charge is -2.52. The van der Waals surface area contributed by atoms with Crippen LogP contribution in [0.25, 0.3) is 32.9 Å². The van der Waals surface area contributed by atoms with E-state index in [2.05, 4.69) is 28.3 Å². The predicted octanol–water partition coefficient (Wildman–Crippen LogP) is 5.13. The summed E-state index contributed by atoms with van der Waals surface area (Å²) in [6, 6.07) is 11.3. The quantitative estimate of drug-likeness (QED) is 0.301. The molecule has 2 bridgehead atoms. The normalized spacial score (nSPS) is 28.9. The van der Waals surface area contributed by atoms with Gasteiger partial charge in [0.1, 0.15) is 23.8 Å². The van der Waals surface area contributed by atoms with Crippen molar-refractivity contribution < 1.29 is 18.6 Å². The maximum atomic E-state index is 18.3.